The van der Waals surface area contributed by atoms with Gasteiger partial charge in [-0.2, -0.15) is 5.10 Å². The van der Waals surface area contributed by atoms with Crippen LogP contribution in [0.15, 0.2) is 18.2 Å². The molecule has 7 heteroatoms. The molecule has 1 atom stereocenters. The number of nitrogens with zero attached hydrogens (tertiary/aromatic N) is 1. The summed E-state index contributed by atoms with van der Waals surface area (Å²) in [5.41, 5.74) is 3.95. The topological polar surface area (TPSA) is 96.1 Å². The molecule has 0 aliphatic carbocycles. The number of aromatic amines is 1. The van der Waals surface area contributed by atoms with Crippen molar-refractivity contribution in [2.75, 3.05) is 17.7 Å². The van der Waals surface area contributed by atoms with Gasteiger partial charge in [-0.1, -0.05) is 27.7 Å². The summed E-state index contributed by atoms with van der Waals surface area (Å²) >= 11 is 0. The van der Waals surface area contributed by atoms with E-state index in [0.29, 0.717) is 30.0 Å². The first kappa shape index (κ1) is 18.9. The summed E-state index contributed by atoms with van der Waals surface area (Å²) < 4.78 is 5.40. The maximum Gasteiger partial charge on any atom is 0.225 e. The third-order valence-electron chi connectivity index (χ3n) is 4.75. The Bertz CT molecular complexity index is 880. The van der Waals surface area contributed by atoms with Crippen LogP contribution < -0.4 is 15.4 Å². The van der Waals surface area contributed by atoms with Gasteiger partial charge >= 0.3 is 0 Å². The number of hydrogen-bond acceptors (Lipinski definition) is 4. The quantitative estimate of drug-likeness (QED) is 0.767. The van der Waals surface area contributed by atoms with E-state index in [-0.39, 0.29) is 23.1 Å². The summed E-state index contributed by atoms with van der Waals surface area (Å²) in [4.78, 5) is 24.1. The minimum absolute atomic E-state index is 0.0631. The molecule has 0 bridgehead atoms. The van der Waals surface area contributed by atoms with Crippen LogP contribution in [-0.4, -0.2) is 29.1 Å². The molecule has 27 heavy (non-hydrogen) atoms. The zero-order valence-electron chi connectivity index (χ0n) is 16.4. The molecule has 0 fully saturated rings. The molecule has 7 nitrogen and oxygen atoms in total. The highest BCUT2D eigenvalue weighted by Gasteiger charge is 2.30. The smallest absolute Gasteiger partial charge is 0.225 e. The largest absolute Gasteiger partial charge is 0.494 e. The molecular weight excluding hydrogens is 344 g/mol. The summed E-state index contributed by atoms with van der Waals surface area (Å²) in [7, 11) is 1.54. The van der Waals surface area contributed by atoms with Crippen molar-refractivity contribution in [3.8, 4) is 5.75 Å². The van der Waals surface area contributed by atoms with Gasteiger partial charge in [0.1, 0.15) is 5.75 Å². The fourth-order valence-corrected chi connectivity index (χ4v) is 3.17. The van der Waals surface area contributed by atoms with Crippen LogP contribution in [0.2, 0.25) is 0 Å². The number of hydrogen-bond donors (Lipinski definition) is 3. The van der Waals surface area contributed by atoms with Crippen molar-refractivity contribution in [1.82, 2.24) is 10.2 Å². The number of ether oxygens (including phenoxy) is 1. The van der Waals surface area contributed by atoms with Crippen molar-refractivity contribution in [2.45, 2.75) is 51.9 Å². The van der Waals surface area contributed by atoms with E-state index in [1.54, 1.807) is 13.0 Å². The molecule has 2 heterocycles. The Balaban J connectivity index is 2.06. The Morgan fingerprint density at radius 1 is 1.33 bits per heavy atom. The predicted molar refractivity (Wildman–Crippen MR) is 104 cm³/mol. The van der Waals surface area contributed by atoms with E-state index in [9.17, 15) is 9.59 Å². The zero-order valence-corrected chi connectivity index (χ0v) is 16.4. The highest BCUT2D eigenvalue weighted by atomic mass is 16.5. The molecule has 2 amide bonds. The Labute approximate surface area is 158 Å². The number of benzene rings is 1. The second-order valence-corrected chi connectivity index (χ2v) is 7.80. The maximum atomic E-state index is 12.3. The monoisotopic (exact) mass is 370 g/mol. The molecule has 1 aromatic carbocycles. The molecule has 1 aromatic heterocycles. The fraction of sp³-hybridized carbons (Fsp3) is 0.450. The number of fused-ring (bicyclic) bond motifs is 1. The second-order valence-electron chi connectivity index (χ2n) is 7.80. The second kappa shape index (κ2) is 7.06. The summed E-state index contributed by atoms with van der Waals surface area (Å²) in [5, 5.41) is 13.3. The molecule has 2 aromatic rings. The minimum atomic E-state index is -0.166. The molecule has 3 rings (SSSR count). The molecule has 3 N–H and O–H groups in total. The Morgan fingerprint density at radius 3 is 2.67 bits per heavy atom. The lowest BCUT2D eigenvalue weighted by molar-refractivity contribution is -0.117. The molecular formula is C20H26N4O3. The van der Waals surface area contributed by atoms with Crippen LogP contribution in [0.25, 0.3) is 0 Å². The summed E-state index contributed by atoms with van der Waals surface area (Å²) in [6.07, 6.45) is 0.683. The van der Waals surface area contributed by atoms with Crippen LogP contribution in [-0.2, 0) is 15.0 Å². The first-order valence-electron chi connectivity index (χ1n) is 9.10. The van der Waals surface area contributed by atoms with E-state index in [4.69, 9.17) is 4.74 Å². The normalized spacial score (nSPS) is 16.5. The highest BCUT2D eigenvalue weighted by molar-refractivity contribution is 5.98. The van der Waals surface area contributed by atoms with Crippen LogP contribution >= 0.6 is 0 Å². The van der Waals surface area contributed by atoms with E-state index >= 15 is 0 Å². The van der Waals surface area contributed by atoms with Crippen LogP contribution in [0.4, 0.5) is 11.4 Å². The lowest BCUT2D eigenvalue weighted by atomic mass is 9.85. The molecule has 0 unspecified atom stereocenters. The number of H-pyrrole nitrogens is 1. The molecule has 144 valence electrons. The number of aromatic nitrogens is 2. The Kier molecular flexibility index (Phi) is 4.95. The summed E-state index contributed by atoms with van der Waals surface area (Å²) in [6, 6.07) is 5.65. The van der Waals surface area contributed by atoms with Crippen molar-refractivity contribution < 1.29 is 14.3 Å². The predicted octanol–water partition coefficient (Wildman–Crippen LogP) is 3.54. The average molecular weight is 370 g/mol. The van der Waals surface area contributed by atoms with Crippen LogP contribution in [0, 0.1) is 0 Å². The van der Waals surface area contributed by atoms with Gasteiger partial charge in [-0.3, -0.25) is 14.7 Å². The standard InChI is InChI=1S/C20H26N4O3/c1-6-18(25)22-15-7-11-12(14-10-17(24-23-14)20(2,3)4)8-19(26)21-13(11)9-16(15)27-5/h7,9-10,12H,6,8H2,1-5H3,(H,21,26)(H,22,25)(H,23,24)/t12-/m1/s1. The highest BCUT2D eigenvalue weighted by Crippen LogP contribution is 2.42. The molecule has 0 saturated heterocycles. The van der Waals surface area contributed by atoms with E-state index < -0.39 is 0 Å². The lowest BCUT2D eigenvalue weighted by Gasteiger charge is -2.26. The molecule has 0 radical (unpaired) electrons. The van der Waals surface area contributed by atoms with Gasteiger partial charge < -0.3 is 15.4 Å². The van der Waals surface area contributed by atoms with Crippen molar-refractivity contribution in [3.63, 3.8) is 0 Å². The molecule has 0 saturated carbocycles. The van der Waals surface area contributed by atoms with Gasteiger partial charge in [0.05, 0.1) is 18.5 Å². The molecule has 0 spiro atoms. The number of anilines is 2. The van der Waals surface area contributed by atoms with Gasteiger partial charge in [-0.05, 0) is 17.7 Å². The SMILES string of the molecule is CCC(=O)Nc1cc2c(cc1OC)NC(=O)C[C@H]2c1cc(C(C)(C)C)n[nH]1. The van der Waals surface area contributed by atoms with Gasteiger partial charge in [0.25, 0.3) is 0 Å². The molecule has 1 aliphatic heterocycles. The third-order valence-corrected chi connectivity index (χ3v) is 4.75. The Hall–Kier alpha value is -2.83. The van der Waals surface area contributed by atoms with Crippen molar-refractivity contribution in [1.29, 1.82) is 0 Å². The van der Waals surface area contributed by atoms with Crippen molar-refractivity contribution in [3.05, 3.63) is 35.2 Å². The van der Waals surface area contributed by atoms with E-state index in [0.717, 1.165) is 17.0 Å². The zero-order chi connectivity index (χ0) is 19.8. The van der Waals surface area contributed by atoms with E-state index in [1.165, 1.54) is 7.11 Å². The Morgan fingerprint density at radius 2 is 2.07 bits per heavy atom. The number of amides is 2. The average Bonchev–Trinajstić information content (AvgIpc) is 3.11. The number of methoxy groups -OCH3 is 1. The van der Waals surface area contributed by atoms with Crippen LogP contribution in [0.3, 0.4) is 0 Å². The van der Waals surface area contributed by atoms with Crippen LogP contribution in [0.1, 0.15) is 63.4 Å². The number of nitrogens with one attached hydrogen (secondary N) is 3. The van der Waals surface area contributed by atoms with Crippen LogP contribution in [0.5, 0.6) is 5.75 Å². The van der Waals surface area contributed by atoms with Crippen molar-refractivity contribution >= 4 is 23.2 Å². The lowest BCUT2D eigenvalue weighted by Crippen LogP contribution is -2.24. The van der Waals surface area contributed by atoms with E-state index in [2.05, 4.69) is 41.6 Å². The number of carbonyl (C=O) groups excluding carboxylic acids is 2. The van der Waals surface area contributed by atoms with Gasteiger partial charge in [0, 0.05) is 41.6 Å². The van der Waals surface area contributed by atoms with Gasteiger partial charge in [0.15, 0.2) is 0 Å². The number of carbonyl (C=O) groups is 2. The van der Waals surface area contributed by atoms with Gasteiger partial charge in [-0.25, -0.2) is 0 Å². The van der Waals surface area contributed by atoms with Gasteiger partial charge in [0.2, 0.25) is 11.8 Å². The molecule has 1 aliphatic rings. The summed E-state index contributed by atoms with van der Waals surface area (Å²) in [6.45, 7) is 8.08. The first-order valence-corrected chi connectivity index (χ1v) is 9.10. The number of rotatable bonds is 4. The van der Waals surface area contributed by atoms with E-state index in [1.807, 2.05) is 12.1 Å². The summed E-state index contributed by atoms with van der Waals surface area (Å²) in [5.74, 6) is 0.185. The minimum Gasteiger partial charge on any atom is -0.494 e. The van der Waals surface area contributed by atoms with Gasteiger partial charge in [-0.15, -0.1) is 0 Å². The fourth-order valence-electron chi connectivity index (χ4n) is 3.17. The van der Waals surface area contributed by atoms with Crippen molar-refractivity contribution in [2.24, 2.45) is 0 Å². The third kappa shape index (κ3) is 3.82. The first-order chi connectivity index (χ1) is 12.7. The maximum absolute atomic E-state index is 12.3.